The van der Waals surface area contributed by atoms with Crippen molar-refractivity contribution < 1.29 is 8.42 Å². The van der Waals surface area contributed by atoms with Crippen molar-refractivity contribution in [2.75, 3.05) is 12.4 Å². The third kappa shape index (κ3) is 3.87. The van der Waals surface area contributed by atoms with Crippen LogP contribution < -0.4 is 10.0 Å². The zero-order chi connectivity index (χ0) is 13.7. The monoisotopic (exact) mass is 284 g/mol. The molecule has 6 nitrogen and oxygen atoms in total. The normalized spacial score (nSPS) is 17.9. The van der Waals surface area contributed by atoms with Crippen molar-refractivity contribution in [2.45, 2.75) is 49.5 Å². The van der Waals surface area contributed by atoms with Crippen molar-refractivity contribution in [3.63, 3.8) is 0 Å². The lowest BCUT2D eigenvalue weighted by Crippen LogP contribution is -2.34. The quantitative estimate of drug-likeness (QED) is 0.819. The smallest absolute Gasteiger partial charge is 0.243 e. The third-order valence-corrected chi connectivity index (χ3v) is 4.81. The maximum absolute atomic E-state index is 12.2. The minimum Gasteiger partial charge on any atom is -0.357 e. The Hall–Kier alpha value is -1.21. The highest BCUT2D eigenvalue weighted by Gasteiger charge is 2.21. The summed E-state index contributed by atoms with van der Waals surface area (Å²) in [5.74, 6) is 0.411. The van der Waals surface area contributed by atoms with Gasteiger partial charge in [-0.05, 0) is 12.8 Å². The molecule has 1 saturated carbocycles. The third-order valence-electron chi connectivity index (χ3n) is 3.34. The van der Waals surface area contributed by atoms with Gasteiger partial charge in [-0.1, -0.05) is 25.7 Å². The highest BCUT2D eigenvalue weighted by molar-refractivity contribution is 7.89. The average Bonchev–Trinajstić information content (AvgIpc) is 2.67. The van der Waals surface area contributed by atoms with Gasteiger partial charge in [0.25, 0.3) is 0 Å². The lowest BCUT2D eigenvalue weighted by atomic mass is 10.1. The molecule has 1 aliphatic rings. The molecule has 0 aromatic carbocycles. The molecule has 1 aromatic heterocycles. The second-order valence-corrected chi connectivity index (χ2v) is 6.52. The van der Waals surface area contributed by atoms with Gasteiger partial charge in [0.1, 0.15) is 4.90 Å². The molecular weight excluding hydrogens is 264 g/mol. The molecule has 1 aromatic rings. The molecule has 1 heterocycles. The molecule has 0 amide bonds. The molecule has 7 heteroatoms. The first kappa shape index (κ1) is 14.2. The fourth-order valence-electron chi connectivity index (χ4n) is 2.27. The Labute approximate surface area is 114 Å². The number of hydrogen-bond donors (Lipinski definition) is 2. The van der Waals surface area contributed by atoms with E-state index in [1.54, 1.807) is 7.05 Å². The zero-order valence-corrected chi connectivity index (χ0v) is 11.9. The Morgan fingerprint density at radius 3 is 2.21 bits per heavy atom. The molecule has 2 rings (SSSR count). The molecule has 0 aliphatic heterocycles. The molecule has 0 atom stereocenters. The van der Waals surface area contributed by atoms with Gasteiger partial charge in [-0.3, -0.25) is 0 Å². The summed E-state index contributed by atoms with van der Waals surface area (Å²) in [6.45, 7) is 0. The van der Waals surface area contributed by atoms with Crippen LogP contribution in [0.2, 0.25) is 0 Å². The predicted molar refractivity (Wildman–Crippen MR) is 73.4 cm³/mol. The van der Waals surface area contributed by atoms with Crippen molar-refractivity contribution in [1.29, 1.82) is 0 Å². The molecule has 0 radical (unpaired) electrons. The maximum Gasteiger partial charge on any atom is 0.243 e. The molecule has 0 spiro atoms. The average molecular weight is 284 g/mol. The van der Waals surface area contributed by atoms with Gasteiger partial charge < -0.3 is 5.32 Å². The molecule has 0 saturated heterocycles. The predicted octanol–water partition coefficient (Wildman–Crippen LogP) is 1.52. The van der Waals surface area contributed by atoms with E-state index in [1.807, 2.05) is 0 Å². The van der Waals surface area contributed by atoms with E-state index >= 15 is 0 Å². The Bertz CT molecular complexity index is 493. The molecule has 106 valence electrons. The fraction of sp³-hybridized carbons (Fsp3) is 0.667. The van der Waals surface area contributed by atoms with Crippen LogP contribution in [0, 0.1) is 0 Å². The SMILES string of the molecule is CNc1ncc(S(=O)(=O)NC2CCCCCC2)cn1. The van der Waals surface area contributed by atoms with Gasteiger partial charge in [0, 0.05) is 13.1 Å². The summed E-state index contributed by atoms with van der Waals surface area (Å²) in [5, 5.41) is 2.76. The number of hydrogen-bond acceptors (Lipinski definition) is 5. The van der Waals surface area contributed by atoms with Crippen LogP contribution in [0.1, 0.15) is 38.5 Å². The highest BCUT2D eigenvalue weighted by atomic mass is 32.2. The summed E-state index contributed by atoms with van der Waals surface area (Å²) in [6.07, 6.45) is 9.04. The number of rotatable bonds is 4. The molecule has 0 bridgehead atoms. The first-order valence-corrected chi connectivity index (χ1v) is 8.12. The summed E-state index contributed by atoms with van der Waals surface area (Å²) in [6, 6.07) is 0.0384. The van der Waals surface area contributed by atoms with Gasteiger partial charge >= 0.3 is 0 Å². The Morgan fingerprint density at radius 2 is 1.68 bits per heavy atom. The molecule has 0 unspecified atom stereocenters. The number of nitrogens with zero attached hydrogens (tertiary/aromatic N) is 2. The van der Waals surface area contributed by atoms with E-state index in [0.29, 0.717) is 5.95 Å². The van der Waals surface area contributed by atoms with Crippen LogP contribution in [-0.4, -0.2) is 31.5 Å². The van der Waals surface area contributed by atoms with E-state index in [2.05, 4.69) is 20.0 Å². The van der Waals surface area contributed by atoms with E-state index in [1.165, 1.54) is 25.2 Å². The van der Waals surface area contributed by atoms with Crippen LogP contribution >= 0.6 is 0 Å². The largest absolute Gasteiger partial charge is 0.357 e. The lowest BCUT2D eigenvalue weighted by Gasteiger charge is -2.16. The molecule has 19 heavy (non-hydrogen) atoms. The standard InChI is InChI=1S/C12H20N4O2S/c1-13-12-14-8-11(9-15-12)19(17,18)16-10-6-4-2-3-5-7-10/h8-10,16H,2-7H2,1H3,(H,13,14,15). The van der Waals surface area contributed by atoms with Gasteiger partial charge in [-0.25, -0.2) is 23.1 Å². The van der Waals surface area contributed by atoms with Gasteiger partial charge in [0.05, 0.1) is 12.4 Å². The Kier molecular flexibility index (Phi) is 4.71. The van der Waals surface area contributed by atoms with E-state index < -0.39 is 10.0 Å². The number of nitrogens with one attached hydrogen (secondary N) is 2. The topological polar surface area (TPSA) is 84.0 Å². The number of aromatic nitrogens is 2. The van der Waals surface area contributed by atoms with E-state index in [0.717, 1.165) is 25.7 Å². The summed E-state index contributed by atoms with van der Waals surface area (Å²) in [5.41, 5.74) is 0. The summed E-state index contributed by atoms with van der Waals surface area (Å²) in [4.78, 5) is 7.99. The molecule has 1 fully saturated rings. The van der Waals surface area contributed by atoms with Gasteiger partial charge in [-0.15, -0.1) is 0 Å². The Morgan fingerprint density at radius 1 is 1.11 bits per heavy atom. The van der Waals surface area contributed by atoms with Gasteiger partial charge in [0.2, 0.25) is 16.0 Å². The van der Waals surface area contributed by atoms with Crippen molar-refractivity contribution in [1.82, 2.24) is 14.7 Å². The maximum atomic E-state index is 12.2. The minimum absolute atomic E-state index is 0.0384. The van der Waals surface area contributed by atoms with Gasteiger partial charge in [0.15, 0.2) is 0 Å². The van der Waals surface area contributed by atoms with E-state index in [4.69, 9.17) is 0 Å². The Balaban J connectivity index is 2.07. The molecule has 2 N–H and O–H groups in total. The van der Waals surface area contributed by atoms with Crippen LogP contribution in [0.5, 0.6) is 0 Å². The molecule has 1 aliphatic carbocycles. The molecular formula is C12H20N4O2S. The number of anilines is 1. The second-order valence-electron chi connectivity index (χ2n) is 4.80. The fourth-order valence-corrected chi connectivity index (χ4v) is 3.46. The summed E-state index contributed by atoms with van der Waals surface area (Å²) >= 11 is 0. The summed E-state index contributed by atoms with van der Waals surface area (Å²) < 4.78 is 27.2. The van der Waals surface area contributed by atoms with Crippen molar-refractivity contribution >= 4 is 16.0 Å². The second kappa shape index (κ2) is 6.29. The highest BCUT2D eigenvalue weighted by Crippen LogP contribution is 2.19. The van der Waals surface area contributed by atoms with E-state index in [-0.39, 0.29) is 10.9 Å². The van der Waals surface area contributed by atoms with E-state index in [9.17, 15) is 8.42 Å². The first-order valence-electron chi connectivity index (χ1n) is 6.64. The van der Waals surface area contributed by atoms with Gasteiger partial charge in [-0.2, -0.15) is 0 Å². The van der Waals surface area contributed by atoms with Crippen LogP contribution in [0.4, 0.5) is 5.95 Å². The van der Waals surface area contributed by atoms with Crippen LogP contribution in [0.3, 0.4) is 0 Å². The van der Waals surface area contributed by atoms with Crippen molar-refractivity contribution in [3.05, 3.63) is 12.4 Å². The summed E-state index contributed by atoms with van der Waals surface area (Å²) in [7, 11) is -1.82. The van der Waals surface area contributed by atoms with Crippen molar-refractivity contribution in [3.8, 4) is 0 Å². The minimum atomic E-state index is -3.50. The lowest BCUT2D eigenvalue weighted by molar-refractivity contribution is 0.509. The van der Waals surface area contributed by atoms with Crippen LogP contribution in [-0.2, 0) is 10.0 Å². The van der Waals surface area contributed by atoms with Crippen LogP contribution in [0.15, 0.2) is 17.3 Å². The first-order chi connectivity index (χ1) is 9.12. The zero-order valence-electron chi connectivity index (χ0n) is 11.1. The van der Waals surface area contributed by atoms with Crippen LogP contribution in [0.25, 0.3) is 0 Å². The van der Waals surface area contributed by atoms with Crippen molar-refractivity contribution in [2.24, 2.45) is 0 Å². The number of sulfonamides is 1.